The molecule has 0 aromatic heterocycles. The first kappa shape index (κ1) is 18.8. The quantitative estimate of drug-likeness (QED) is 0.394. The number of benzene rings is 1. The van der Waals surface area contributed by atoms with Crippen LogP contribution in [-0.2, 0) is 6.54 Å². The van der Waals surface area contributed by atoms with Crippen LogP contribution in [0.1, 0.15) is 25.8 Å². The molecule has 4 N–H and O–H groups in total. The van der Waals surface area contributed by atoms with Crippen molar-refractivity contribution in [3.8, 4) is 11.5 Å². The summed E-state index contributed by atoms with van der Waals surface area (Å²) >= 11 is 0. The minimum absolute atomic E-state index is 0. The number of aromatic hydroxyl groups is 1. The Bertz CT molecular complexity index is 436. The smallest absolute Gasteiger partial charge is 0.188 e. The van der Waals surface area contributed by atoms with Crippen molar-refractivity contribution in [2.24, 2.45) is 16.6 Å². The summed E-state index contributed by atoms with van der Waals surface area (Å²) in [6, 6.07) is 5.04. The fourth-order valence-corrected chi connectivity index (χ4v) is 1.53. The maximum atomic E-state index is 9.71. The second kappa shape index (κ2) is 9.68. The van der Waals surface area contributed by atoms with Gasteiger partial charge in [-0.3, -0.25) is 0 Å². The number of nitrogens with one attached hydrogen (secondary N) is 1. The van der Waals surface area contributed by atoms with Gasteiger partial charge < -0.3 is 20.9 Å². The van der Waals surface area contributed by atoms with Gasteiger partial charge in [0.25, 0.3) is 0 Å². The SMILES string of the molecule is COc1ccc(O)c(CN=C(N)NCCC(C)C)c1.I. The largest absolute Gasteiger partial charge is 0.508 e. The summed E-state index contributed by atoms with van der Waals surface area (Å²) in [6.07, 6.45) is 1.04. The van der Waals surface area contributed by atoms with Crippen LogP contribution in [-0.4, -0.2) is 24.7 Å². The number of rotatable bonds is 6. The number of methoxy groups -OCH3 is 1. The highest BCUT2D eigenvalue weighted by Crippen LogP contribution is 2.23. The highest BCUT2D eigenvalue weighted by molar-refractivity contribution is 14.0. The molecule has 1 aromatic carbocycles. The Morgan fingerprint density at radius 1 is 1.45 bits per heavy atom. The van der Waals surface area contributed by atoms with Crippen LogP contribution in [0.5, 0.6) is 11.5 Å². The summed E-state index contributed by atoms with van der Waals surface area (Å²) in [5.41, 5.74) is 6.44. The molecule has 0 aliphatic carbocycles. The first-order chi connectivity index (χ1) is 9.02. The lowest BCUT2D eigenvalue weighted by Crippen LogP contribution is -2.32. The van der Waals surface area contributed by atoms with Crippen molar-refractivity contribution in [2.45, 2.75) is 26.8 Å². The molecule has 1 rings (SSSR count). The third kappa shape index (κ3) is 6.83. The lowest BCUT2D eigenvalue weighted by molar-refractivity contribution is 0.411. The van der Waals surface area contributed by atoms with E-state index in [4.69, 9.17) is 10.5 Å². The third-order valence-electron chi connectivity index (χ3n) is 2.73. The summed E-state index contributed by atoms with van der Waals surface area (Å²) in [7, 11) is 1.58. The molecule has 6 heteroatoms. The number of ether oxygens (including phenoxy) is 1. The number of nitrogens with zero attached hydrogens (tertiary/aromatic N) is 1. The van der Waals surface area contributed by atoms with Crippen molar-refractivity contribution in [3.63, 3.8) is 0 Å². The van der Waals surface area contributed by atoms with Crippen LogP contribution in [0.3, 0.4) is 0 Å². The van der Waals surface area contributed by atoms with Crippen molar-refractivity contribution >= 4 is 29.9 Å². The van der Waals surface area contributed by atoms with E-state index in [2.05, 4.69) is 24.2 Å². The van der Waals surface area contributed by atoms with Gasteiger partial charge in [-0.15, -0.1) is 24.0 Å². The number of halogens is 1. The summed E-state index contributed by atoms with van der Waals surface area (Å²) in [4.78, 5) is 4.20. The minimum Gasteiger partial charge on any atom is -0.508 e. The Morgan fingerprint density at radius 2 is 2.15 bits per heavy atom. The fraction of sp³-hybridized carbons (Fsp3) is 0.500. The zero-order valence-corrected chi connectivity index (χ0v) is 14.5. The number of phenols is 1. The van der Waals surface area contributed by atoms with Crippen LogP contribution in [0.25, 0.3) is 0 Å². The van der Waals surface area contributed by atoms with E-state index in [1.54, 1.807) is 25.3 Å². The topological polar surface area (TPSA) is 79.9 Å². The van der Waals surface area contributed by atoms with Gasteiger partial charge in [0, 0.05) is 12.1 Å². The van der Waals surface area contributed by atoms with Gasteiger partial charge in [-0.05, 0) is 30.5 Å². The average molecular weight is 393 g/mol. The summed E-state index contributed by atoms with van der Waals surface area (Å²) in [5, 5.41) is 12.8. The number of guanidine groups is 1. The molecule has 0 fully saturated rings. The second-order valence-corrected chi connectivity index (χ2v) is 4.81. The Labute approximate surface area is 137 Å². The van der Waals surface area contributed by atoms with Gasteiger partial charge in [0.15, 0.2) is 5.96 Å². The van der Waals surface area contributed by atoms with Gasteiger partial charge >= 0.3 is 0 Å². The maximum absolute atomic E-state index is 9.71. The molecule has 0 saturated heterocycles. The van der Waals surface area contributed by atoms with Gasteiger partial charge in [-0.1, -0.05) is 13.8 Å². The Hall–Kier alpha value is -1.18. The van der Waals surface area contributed by atoms with Crippen molar-refractivity contribution in [2.75, 3.05) is 13.7 Å². The Balaban J connectivity index is 0.00000361. The molecular formula is C14H24IN3O2. The number of hydrogen-bond donors (Lipinski definition) is 3. The molecule has 5 nitrogen and oxygen atoms in total. The van der Waals surface area contributed by atoms with E-state index in [9.17, 15) is 5.11 Å². The van der Waals surface area contributed by atoms with Crippen molar-refractivity contribution < 1.29 is 9.84 Å². The third-order valence-corrected chi connectivity index (χ3v) is 2.73. The van der Waals surface area contributed by atoms with E-state index < -0.39 is 0 Å². The molecule has 1 aromatic rings. The first-order valence-corrected chi connectivity index (χ1v) is 6.42. The van der Waals surface area contributed by atoms with E-state index in [-0.39, 0.29) is 29.7 Å². The van der Waals surface area contributed by atoms with Crippen LogP contribution in [0.2, 0.25) is 0 Å². The van der Waals surface area contributed by atoms with Crippen LogP contribution in [0.4, 0.5) is 0 Å². The molecule has 0 unspecified atom stereocenters. The Morgan fingerprint density at radius 3 is 2.75 bits per heavy atom. The Kier molecular flexibility index (Phi) is 9.11. The normalized spacial score (nSPS) is 11.1. The zero-order chi connectivity index (χ0) is 14.3. The number of nitrogens with two attached hydrogens (primary N) is 1. The number of aliphatic imine (C=N–C) groups is 1. The van der Waals surface area contributed by atoms with Crippen molar-refractivity contribution in [1.29, 1.82) is 0 Å². The zero-order valence-electron chi connectivity index (χ0n) is 12.2. The minimum atomic E-state index is 0. The molecule has 0 amide bonds. The van der Waals surface area contributed by atoms with Crippen LogP contribution >= 0.6 is 24.0 Å². The highest BCUT2D eigenvalue weighted by atomic mass is 127. The van der Waals surface area contributed by atoms with Crippen LogP contribution in [0, 0.1) is 5.92 Å². The molecule has 0 aliphatic heterocycles. The van der Waals surface area contributed by atoms with Crippen LogP contribution in [0.15, 0.2) is 23.2 Å². The van der Waals surface area contributed by atoms with Gasteiger partial charge in [-0.2, -0.15) is 0 Å². The molecule has 0 spiro atoms. The van der Waals surface area contributed by atoms with Crippen molar-refractivity contribution in [1.82, 2.24) is 5.32 Å². The predicted molar refractivity (Wildman–Crippen MR) is 92.9 cm³/mol. The van der Waals surface area contributed by atoms with E-state index in [1.165, 1.54) is 0 Å². The monoisotopic (exact) mass is 393 g/mol. The van der Waals surface area contributed by atoms with Gasteiger partial charge in [0.2, 0.25) is 0 Å². The van der Waals surface area contributed by atoms with E-state index >= 15 is 0 Å². The number of hydrogen-bond acceptors (Lipinski definition) is 3. The molecule has 20 heavy (non-hydrogen) atoms. The van der Waals surface area contributed by atoms with Crippen molar-refractivity contribution in [3.05, 3.63) is 23.8 Å². The fourth-order valence-electron chi connectivity index (χ4n) is 1.53. The van der Waals surface area contributed by atoms with E-state index in [0.717, 1.165) is 13.0 Å². The predicted octanol–water partition coefficient (Wildman–Crippen LogP) is 2.47. The molecular weight excluding hydrogens is 369 g/mol. The van der Waals surface area contributed by atoms with Gasteiger partial charge in [0.05, 0.1) is 13.7 Å². The molecule has 0 bridgehead atoms. The lowest BCUT2D eigenvalue weighted by Gasteiger charge is -2.08. The van der Waals surface area contributed by atoms with E-state index in [0.29, 0.717) is 29.7 Å². The van der Waals surface area contributed by atoms with Crippen LogP contribution < -0.4 is 15.8 Å². The summed E-state index contributed by atoms with van der Waals surface area (Å²) in [6.45, 7) is 5.44. The lowest BCUT2D eigenvalue weighted by atomic mass is 10.1. The maximum Gasteiger partial charge on any atom is 0.188 e. The first-order valence-electron chi connectivity index (χ1n) is 6.42. The standard InChI is InChI=1S/C14H23N3O2.HI/c1-10(2)6-7-16-14(15)17-9-11-8-12(19-3)4-5-13(11)18;/h4-5,8,10,18H,6-7,9H2,1-3H3,(H3,15,16,17);1H. The van der Waals surface area contributed by atoms with Gasteiger partial charge in [-0.25, -0.2) is 4.99 Å². The highest BCUT2D eigenvalue weighted by Gasteiger charge is 2.03. The molecule has 0 aliphatic rings. The second-order valence-electron chi connectivity index (χ2n) is 4.81. The average Bonchev–Trinajstić information content (AvgIpc) is 2.37. The molecule has 0 saturated carbocycles. The van der Waals surface area contributed by atoms with Gasteiger partial charge in [0.1, 0.15) is 11.5 Å². The molecule has 0 atom stereocenters. The number of phenolic OH excluding ortho intramolecular Hbond substituents is 1. The molecule has 0 radical (unpaired) electrons. The summed E-state index contributed by atoms with van der Waals surface area (Å²) < 4.78 is 5.10. The summed E-state index contributed by atoms with van der Waals surface area (Å²) in [5.74, 6) is 1.90. The van der Waals surface area contributed by atoms with E-state index in [1.807, 2.05) is 0 Å². The molecule has 114 valence electrons. The molecule has 0 heterocycles.